The van der Waals surface area contributed by atoms with E-state index in [1.807, 2.05) is 0 Å². The molecule has 0 aromatic rings. The zero-order valence-electron chi connectivity index (χ0n) is 2.34. The summed E-state index contributed by atoms with van der Waals surface area (Å²) < 4.78 is 9.23. The molecule has 0 saturated carbocycles. The van der Waals surface area contributed by atoms with Crippen molar-refractivity contribution in [2.75, 3.05) is 0 Å². The van der Waals surface area contributed by atoms with Gasteiger partial charge in [0.15, 0.2) is 0 Å². The summed E-state index contributed by atoms with van der Waals surface area (Å²) in [5.74, 6) is 0. The van der Waals surface area contributed by atoms with E-state index in [2.05, 4.69) is 0 Å². The van der Waals surface area contributed by atoms with Crippen LogP contribution in [0.4, 0.5) is 4.79 Å². The molecule has 0 aliphatic carbocycles. The summed E-state index contributed by atoms with van der Waals surface area (Å²) in [7, 11) is 1.34. The molecule has 0 saturated heterocycles. The normalized spacial score (nSPS) is 8.20. The minimum Gasteiger partial charge on any atom is -0.281 e. The second-order valence-corrected chi connectivity index (χ2v) is 2.06. The second-order valence-electron chi connectivity index (χ2n) is 0.430. The van der Waals surface area contributed by atoms with Crippen molar-refractivity contribution in [3.63, 3.8) is 0 Å². The van der Waals surface area contributed by atoms with E-state index in [4.69, 9.17) is 0 Å². The number of rotatable bonds is 1. The minimum atomic E-state index is -0.429. The molecule has 0 heterocycles. The van der Waals surface area contributed by atoms with Crippen molar-refractivity contribution < 1.29 is 9.36 Å². The topological polar surface area (TPSA) is 34.1 Å². The van der Waals surface area contributed by atoms with Gasteiger partial charge in [0.1, 0.15) is 0 Å². The van der Waals surface area contributed by atoms with Crippen molar-refractivity contribution in [1.82, 2.24) is 0 Å². The van der Waals surface area contributed by atoms with E-state index < -0.39 is 13.7 Å². The highest BCUT2D eigenvalue weighted by atomic mass is 31.1. The van der Waals surface area contributed by atoms with Crippen LogP contribution >= 0.6 is 17.7 Å². The standard InChI is InChI=1S/CH2O2P2/c2-1(4)5-3/h4H2. The van der Waals surface area contributed by atoms with Gasteiger partial charge in [0, 0.05) is 0 Å². The summed E-state index contributed by atoms with van der Waals surface area (Å²) in [6.45, 7) is 0. The van der Waals surface area contributed by atoms with Crippen molar-refractivity contribution in [3.05, 3.63) is 0 Å². The highest BCUT2D eigenvalue weighted by Gasteiger charge is 1.79. The van der Waals surface area contributed by atoms with E-state index in [0.29, 0.717) is 0 Å². The molecule has 5 heavy (non-hydrogen) atoms. The van der Waals surface area contributed by atoms with Crippen LogP contribution in [0.2, 0.25) is 0 Å². The third-order valence-electron chi connectivity index (χ3n) is 0.0900. The fraction of sp³-hybridized carbons (Fsp3) is 0. The first-order valence-electron chi connectivity index (χ1n) is 0.899. The summed E-state index contributed by atoms with van der Waals surface area (Å²) in [4.78, 5) is 9.45. The predicted octanol–water partition coefficient (Wildman–Crippen LogP) is 1.27. The molecule has 0 aliphatic rings. The Hall–Kier alpha value is 0.200. The van der Waals surface area contributed by atoms with Crippen LogP contribution in [0.25, 0.3) is 0 Å². The quantitative estimate of drug-likeness (QED) is 0.474. The Kier molecular flexibility index (Phi) is 2.54. The maximum atomic E-state index is 9.45. The van der Waals surface area contributed by atoms with Gasteiger partial charge in [0.25, 0.3) is 0 Å². The Bertz CT molecular complexity index is 58.7. The summed E-state index contributed by atoms with van der Waals surface area (Å²) in [6, 6.07) is 0. The largest absolute Gasteiger partial charge is 0.281 e. The summed E-state index contributed by atoms with van der Waals surface area (Å²) >= 11 is 0. The van der Waals surface area contributed by atoms with Gasteiger partial charge < -0.3 is 0 Å². The molecule has 0 radical (unpaired) electrons. The first-order valence-corrected chi connectivity index (χ1v) is 2.29. The number of hydrogen-bond acceptors (Lipinski definition) is 2. The van der Waals surface area contributed by atoms with Gasteiger partial charge in [0.05, 0.1) is 0 Å². The Balaban J connectivity index is 3.20. The highest BCUT2D eigenvalue weighted by molar-refractivity contribution is 7.72. The molecular formula is CH2O2P2. The van der Waals surface area contributed by atoms with Gasteiger partial charge in [-0.3, -0.25) is 9.36 Å². The fourth-order valence-corrected chi connectivity index (χ4v) is 0. The zero-order chi connectivity index (χ0) is 4.28. The molecule has 2 nitrogen and oxygen atoms in total. The number of hydrogen-bond donors (Lipinski definition) is 0. The number of carbonyl (C=O) groups excluding carboxylic acids is 1. The first kappa shape index (κ1) is 5.20. The van der Waals surface area contributed by atoms with Crippen LogP contribution in [0.15, 0.2) is 0 Å². The average Bonchev–Trinajstić information content (AvgIpc) is 1.38. The Labute approximate surface area is 33.4 Å². The Morgan fingerprint density at radius 1 is 1.80 bits per heavy atom. The molecule has 1 unspecified atom stereocenters. The monoisotopic (exact) mass is 108 g/mol. The lowest BCUT2D eigenvalue weighted by molar-refractivity contribution is 0.275. The molecule has 0 amide bonds. The zero-order valence-corrected chi connectivity index (χ0v) is 4.39. The third kappa shape index (κ3) is 4.20. The SMILES string of the molecule is O=PC(=O)P. The van der Waals surface area contributed by atoms with Crippen LogP contribution in [-0.2, 0) is 4.57 Å². The van der Waals surface area contributed by atoms with Gasteiger partial charge in [-0.25, -0.2) is 0 Å². The van der Waals surface area contributed by atoms with Gasteiger partial charge in [0.2, 0.25) is 13.7 Å². The van der Waals surface area contributed by atoms with Crippen molar-refractivity contribution in [2.45, 2.75) is 0 Å². The van der Waals surface area contributed by atoms with E-state index in [1.165, 1.54) is 0 Å². The van der Waals surface area contributed by atoms with Crippen molar-refractivity contribution in [3.8, 4) is 0 Å². The Morgan fingerprint density at radius 3 is 2.00 bits per heavy atom. The lowest BCUT2D eigenvalue weighted by Crippen LogP contribution is -1.47. The lowest BCUT2D eigenvalue weighted by atomic mass is 11.8. The van der Waals surface area contributed by atoms with Gasteiger partial charge in [-0.2, -0.15) is 0 Å². The molecule has 1 atom stereocenters. The summed E-state index contributed by atoms with van der Waals surface area (Å²) in [5, 5.41) is -0.412. The molecule has 0 rings (SSSR count). The van der Waals surface area contributed by atoms with Crippen LogP contribution in [0, 0.1) is 0 Å². The molecule has 0 spiro atoms. The molecule has 28 valence electrons. The predicted molar refractivity (Wildman–Crippen MR) is 22.7 cm³/mol. The Morgan fingerprint density at radius 2 is 2.00 bits per heavy atom. The smallest absolute Gasteiger partial charge is 0.237 e. The third-order valence-corrected chi connectivity index (χ3v) is 0.586. The van der Waals surface area contributed by atoms with Crippen molar-refractivity contribution in [2.24, 2.45) is 0 Å². The van der Waals surface area contributed by atoms with Crippen molar-refractivity contribution >= 4 is 23.0 Å². The summed E-state index contributed by atoms with van der Waals surface area (Å²) in [5.41, 5.74) is 0. The molecule has 0 aliphatic heterocycles. The van der Waals surface area contributed by atoms with Crippen LogP contribution in [0.3, 0.4) is 0 Å². The molecule has 0 bridgehead atoms. The molecule has 0 N–H and O–H groups in total. The maximum absolute atomic E-state index is 9.45. The first-order chi connectivity index (χ1) is 2.27. The maximum Gasteiger partial charge on any atom is 0.237 e. The van der Waals surface area contributed by atoms with Crippen molar-refractivity contribution in [1.29, 1.82) is 0 Å². The van der Waals surface area contributed by atoms with E-state index in [-0.39, 0.29) is 0 Å². The van der Waals surface area contributed by atoms with Crippen LogP contribution in [0.1, 0.15) is 0 Å². The van der Waals surface area contributed by atoms with Crippen LogP contribution in [-0.4, -0.2) is 5.27 Å². The average molecular weight is 108 g/mol. The molecule has 0 fully saturated rings. The van der Waals surface area contributed by atoms with Gasteiger partial charge in [-0.15, -0.1) is 0 Å². The number of carbonyl (C=O) groups is 1. The van der Waals surface area contributed by atoms with Gasteiger partial charge in [-0.05, 0) is 0 Å². The van der Waals surface area contributed by atoms with E-state index in [1.54, 1.807) is 9.24 Å². The van der Waals surface area contributed by atoms with Crippen LogP contribution in [0.5, 0.6) is 0 Å². The van der Waals surface area contributed by atoms with E-state index in [0.717, 1.165) is 0 Å². The van der Waals surface area contributed by atoms with Gasteiger partial charge >= 0.3 is 0 Å². The van der Waals surface area contributed by atoms with Gasteiger partial charge in [-0.1, -0.05) is 9.24 Å². The van der Waals surface area contributed by atoms with Crippen LogP contribution < -0.4 is 0 Å². The fourth-order valence-electron chi connectivity index (χ4n) is 0. The molecule has 4 heteroatoms. The van der Waals surface area contributed by atoms with E-state index >= 15 is 0 Å². The van der Waals surface area contributed by atoms with E-state index in [9.17, 15) is 9.36 Å². The highest BCUT2D eigenvalue weighted by Crippen LogP contribution is 2.01. The lowest BCUT2D eigenvalue weighted by Gasteiger charge is -1.55. The molecular weight excluding hydrogens is 106 g/mol. The molecule has 0 aromatic heterocycles. The minimum absolute atomic E-state index is 0.412. The second kappa shape index (κ2) is 2.44. The summed E-state index contributed by atoms with van der Waals surface area (Å²) in [6.07, 6.45) is 0. The molecule has 0 aromatic carbocycles.